The van der Waals surface area contributed by atoms with Gasteiger partial charge >= 0.3 is 0 Å². The number of aliphatic hydroxyl groups is 1. The normalized spacial score (nSPS) is 27.5. The minimum Gasteiger partial charge on any atom is -0.396 e. The van der Waals surface area contributed by atoms with Crippen LogP contribution in [0.15, 0.2) is 0 Å². The molecule has 112 valence electrons. The zero-order chi connectivity index (χ0) is 13.9. The molecule has 2 unspecified atom stereocenters. The fourth-order valence-electron chi connectivity index (χ4n) is 3.68. The van der Waals surface area contributed by atoms with E-state index in [1.807, 2.05) is 0 Å². The van der Waals surface area contributed by atoms with Gasteiger partial charge in [-0.05, 0) is 38.3 Å². The highest BCUT2D eigenvalue weighted by Gasteiger charge is 2.26. The van der Waals surface area contributed by atoms with Crippen LogP contribution in [0.25, 0.3) is 0 Å². The smallest absolute Gasteiger partial charge is 0.134 e. The maximum atomic E-state index is 9.29. The number of likely N-dealkylation sites (N-methyl/N-ethyl adjacent to an activating group) is 1. The van der Waals surface area contributed by atoms with Crippen molar-refractivity contribution < 1.29 is 5.11 Å². The van der Waals surface area contributed by atoms with Gasteiger partial charge < -0.3 is 14.6 Å². The first-order valence-corrected chi connectivity index (χ1v) is 8.07. The molecule has 1 saturated heterocycles. The zero-order valence-corrected chi connectivity index (χ0v) is 12.5. The van der Waals surface area contributed by atoms with Gasteiger partial charge in [0.05, 0.1) is 0 Å². The molecule has 0 spiro atoms. The van der Waals surface area contributed by atoms with Crippen molar-refractivity contribution in [1.29, 1.82) is 0 Å². The predicted octanol–water partition coefficient (Wildman–Crippen LogP) is 1.25. The molecule has 5 nitrogen and oxygen atoms in total. The molecule has 2 aliphatic rings. The van der Waals surface area contributed by atoms with Gasteiger partial charge in [0.2, 0.25) is 0 Å². The molecule has 1 N–H and O–H groups in total. The van der Waals surface area contributed by atoms with Crippen LogP contribution in [0.4, 0.5) is 0 Å². The van der Waals surface area contributed by atoms with Crippen molar-refractivity contribution in [1.82, 2.24) is 19.7 Å². The third-order valence-electron chi connectivity index (χ3n) is 4.97. The Morgan fingerprint density at radius 2 is 2.10 bits per heavy atom. The van der Waals surface area contributed by atoms with Crippen LogP contribution in [0.2, 0.25) is 0 Å². The first-order chi connectivity index (χ1) is 9.81. The Hall–Kier alpha value is -0.940. The van der Waals surface area contributed by atoms with E-state index in [9.17, 15) is 5.11 Å². The molecular weight excluding hydrogens is 252 g/mol. The highest BCUT2D eigenvalue weighted by atomic mass is 16.3. The molecule has 1 fully saturated rings. The molecule has 20 heavy (non-hydrogen) atoms. The SMILES string of the molecule is CCN1CCCCC1Cc1nnc2n1CCC(CO)C2. The number of piperidine rings is 1. The lowest BCUT2D eigenvalue weighted by Gasteiger charge is -2.34. The summed E-state index contributed by atoms with van der Waals surface area (Å²) in [4.78, 5) is 2.59. The van der Waals surface area contributed by atoms with E-state index in [1.54, 1.807) is 0 Å². The average Bonchev–Trinajstić information content (AvgIpc) is 2.90. The lowest BCUT2D eigenvalue weighted by atomic mass is 9.97. The van der Waals surface area contributed by atoms with Gasteiger partial charge in [0.25, 0.3) is 0 Å². The Labute approximate surface area is 121 Å². The molecule has 3 heterocycles. The molecule has 0 saturated carbocycles. The van der Waals surface area contributed by atoms with Crippen molar-refractivity contribution in [3.63, 3.8) is 0 Å². The topological polar surface area (TPSA) is 54.2 Å². The number of likely N-dealkylation sites (tertiary alicyclic amines) is 1. The molecule has 0 aliphatic carbocycles. The van der Waals surface area contributed by atoms with Crippen molar-refractivity contribution in [2.24, 2.45) is 5.92 Å². The largest absolute Gasteiger partial charge is 0.396 e. The summed E-state index contributed by atoms with van der Waals surface area (Å²) in [6, 6.07) is 0.637. The molecular formula is C15H26N4O. The number of aromatic nitrogens is 3. The Kier molecular flexibility index (Phi) is 4.36. The van der Waals surface area contributed by atoms with Gasteiger partial charge in [-0.2, -0.15) is 0 Å². The van der Waals surface area contributed by atoms with Gasteiger partial charge in [-0.15, -0.1) is 10.2 Å². The van der Waals surface area contributed by atoms with Gasteiger partial charge in [-0.25, -0.2) is 0 Å². The number of hydrogen-bond acceptors (Lipinski definition) is 4. The van der Waals surface area contributed by atoms with Crippen molar-refractivity contribution in [3.05, 3.63) is 11.6 Å². The summed E-state index contributed by atoms with van der Waals surface area (Å²) in [5, 5.41) is 18.1. The summed E-state index contributed by atoms with van der Waals surface area (Å²) >= 11 is 0. The molecule has 0 aromatic carbocycles. The number of aliphatic hydroxyl groups excluding tert-OH is 1. The maximum Gasteiger partial charge on any atom is 0.134 e. The van der Waals surface area contributed by atoms with Crippen molar-refractivity contribution >= 4 is 0 Å². The molecule has 5 heteroatoms. The summed E-state index contributed by atoms with van der Waals surface area (Å²) < 4.78 is 2.30. The van der Waals surface area contributed by atoms with Gasteiger partial charge in [-0.3, -0.25) is 0 Å². The minimum absolute atomic E-state index is 0.272. The first kappa shape index (κ1) is 14.0. The molecule has 2 aliphatic heterocycles. The molecule has 0 bridgehead atoms. The second-order valence-electron chi connectivity index (χ2n) is 6.21. The van der Waals surface area contributed by atoms with Crippen LogP contribution in [-0.4, -0.2) is 50.5 Å². The van der Waals surface area contributed by atoms with E-state index in [0.29, 0.717) is 12.0 Å². The monoisotopic (exact) mass is 278 g/mol. The summed E-state index contributed by atoms with van der Waals surface area (Å²) in [5.41, 5.74) is 0. The van der Waals surface area contributed by atoms with E-state index < -0.39 is 0 Å². The summed E-state index contributed by atoms with van der Waals surface area (Å²) in [7, 11) is 0. The molecule has 0 radical (unpaired) electrons. The molecule has 1 aromatic heterocycles. The Balaban J connectivity index is 1.70. The highest BCUT2D eigenvalue weighted by molar-refractivity contribution is 5.02. The third kappa shape index (κ3) is 2.74. The van der Waals surface area contributed by atoms with Gasteiger partial charge in [0.15, 0.2) is 0 Å². The third-order valence-corrected chi connectivity index (χ3v) is 4.97. The number of nitrogens with zero attached hydrogens (tertiary/aromatic N) is 4. The quantitative estimate of drug-likeness (QED) is 0.900. The van der Waals surface area contributed by atoms with Crippen LogP contribution in [0.5, 0.6) is 0 Å². The maximum absolute atomic E-state index is 9.29. The van der Waals surface area contributed by atoms with E-state index >= 15 is 0 Å². The highest BCUT2D eigenvalue weighted by Crippen LogP contribution is 2.23. The first-order valence-electron chi connectivity index (χ1n) is 8.07. The fraction of sp³-hybridized carbons (Fsp3) is 0.867. The van der Waals surface area contributed by atoms with Gasteiger partial charge in [-0.1, -0.05) is 13.3 Å². The van der Waals surface area contributed by atoms with Crippen LogP contribution in [0.1, 0.15) is 44.3 Å². The molecule has 2 atom stereocenters. The fourth-order valence-corrected chi connectivity index (χ4v) is 3.68. The van der Waals surface area contributed by atoms with Crippen molar-refractivity contribution in [2.45, 2.75) is 58.0 Å². The van der Waals surface area contributed by atoms with E-state index in [-0.39, 0.29) is 6.61 Å². The Bertz CT molecular complexity index is 445. The van der Waals surface area contributed by atoms with E-state index in [2.05, 4.69) is 26.6 Å². The van der Waals surface area contributed by atoms with Crippen LogP contribution < -0.4 is 0 Å². The predicted molar refractivity (Wildman–Crippen MR) is 77.5 cm³/mol. The summed E-state index contributed by atoms with van der Waals surface area (Å²) in [5.74, 6) is 2.60. The molecule has 1 aromatic rings. The van der Waals surface area contributed by atoms with Crippen LogP contribution in [0.3, 0.4) is 0 Å². The minimum atomic E-state index is 0.272. The summed E-state index contributed by atoms with van der Waals surface area (Å²) in [6.07, 6.45) is 6.93. The lowest BCUT2D eigenvalue weighted by molar-refractivity contribution is 0.151. The van der Waals surface area contributed by atoms with Crippen LogP contribution in [0, 0.1) is 5.92 Å². The second kappa shape index (κ2) is 6.22. The number of fused-ring (bicyclic) bond motifs is 1. The van der Waals surface area contributed by atoms with Crippen LogP contribution >= 0.6 is 0 Å². The Morgan fingerprint density at radius 1 is 1.20 bits per heavy atom. The lowest BCUT2D eigenvalue weighted by Crippen LogP contribution is -2.41. The van der Waals surface area contributed by atoms with Crippen LogP contribution in [-0.2, 0) is 19.4 Å². The van der Waals surface area contributed by atoms with E-state index in [1.165, 1.54) is 25.8 Å². The van der Waals surface area contributed by atoms with Crippen molar-refractivity contribution in [2.75, 3.05) is 19.7 Å². The Morgan fingerprint density at radius 3 is 2.90 bits per heavy atom. The molecule has 0 amide bonds. The molecule has 3 rings (SSSR count). The average molecular weight is 278 g/mol. The van der Waals surface area contributed by atoms with E-state index in [4.69, 9.17) is 0 Å². The zero-order valence-electron chi connectivity index (χ0n) is 12.5. The standard InChI is InChI=1S/C15H26N4O/c1-2-18-7-4-3-5-13(18)10-15-17-16-14-9-12(11-20)6-8-19(14)15/h12-13,20H,2-11H2,1H3. The number of hydrogen-bond donors (Lipinski definition) is 1. The van der Waals surface area contributed by atoms with E-state index in [0.717, 1.165) is 44.0 Å². The second-order valence-corrected chi connectivity index (χ2v) is 6.21. The van der Waals surface area contributed by atoms with Gasteiger partial charge in [0, 0.05) is 32.0 Å². The van der Waals surface area contributed by atoms with Gasteiger partial charge in [0.1, 0.15) is 11.6 Å². The number of rotatable bonds is 4. The van der Waals surface area contributed by atoms with Crippen molar-refractivity contribution in [3.8, 4) is 0 Å². The summed E-state index contributed by atoms with van der Waals surface area (Å²) in [6.45, 7) is 5.87.